The van der Waals surface area contributed by atoms with E-state index in [9.17, 15) is 27.2 Å². The van der Waals surface area contributed by atoms with Crippen molar-refractivity contribution in [2.24, 2.45) is 5.41 Å². The Morgan fingerprint density at radius 1 is 1.09 bits per heavy atom. The number of nitrogens with zero attached hydrogens (tertiary/aromatic N) is 1. The van der Waals surface area contributed by atoms with Crippen LogP contribution in [-0.4, -0.2) is 54.7 Å². The Balaban J connectivity index is 0.00000167. The number of alkyl halides is 3. The van der Waals surface area contributed by atoms with Crippen LogP contribution in [0.3, 0.4) is 0 Å². The first-order valence-corrected chi connectivity index (χ1v) is 11.5. The molecule has 5 nitrogen and oxygen atoms in total. The fourth-order valence-electron chi connectivity index (χ4n) is 5.31. The van der Waals surface area contributed by atoms with Crippen LogP contribution in [0.4, 0.5) is 17.6 Å². The lowest BCUT2D eigenvalue weighted by Gasteiger charge is -2.49. The van der Waals surface area contributed by atoms with Gasteiger partial charge in [0.15, 0.2) is 5.92 Å². The smallest absolute Gasteiger partial charge is 0.400 e. The monoisotopic (exact) mass is 494 g/mol. The van der Waals surface area contributed by atoms with Crippen molar-refractivity contribution in [1.82, 2.24) is 10.2 Å². The van der Waals surface area contributed by atoms with E-state index in [4.69, 9.17) is 5.11 Å². The van der Waals surface area contributed by atoms with Crippen molar-refractivity contribution >= 4 is 11.8 Å². The molecule has 2 heterocycles. The lowest BCUT2D eigenvalue weighted by atomic mass is 9.62. The number of halogens is 4. The molecule has 4 rings (SSSR count). The van der Waals surface area contributed by atoms with E-state index in [1.165, 1.54) is 29.2 Å². The normalized spacial score (nSPS) is 20.5. The Kier molecular flexibility index (Phi) is 8.20. The van der Waals surface area contributed by atoms with Crippen molar-refractivity contribution in [3.8, 4) is 0 Å². The summed E-state index contributed by atoms with van der Waals surface area (Å²) in [7, 11) is 1.00. The number of rotatable bonds is 3. The maximum absolute atomic E-state index is 14.9. The number of carbonyl (C=O) groups excluding carboxylic acids is 2. The number of likely N-dealkylation sites (tertiary alicyclic amines) is 1. The molecule has 0 saturated carbocycles. The third kappa shape index (κ3) is 5.50. The zero-order valence-corrected chi connectivity index (χ0v) is 19.7. The maximum atomic E-state index is 14.9. The van der Waals surface area contributed by atoms with Crippen molar-refractivity contribution in [1.29, 1.82) is 0 Å². The number of piperidine rings is 2. The minimum atomic E-state index is -4.72. The number of amides is 2. The van der Waals surface area contributed by atoms with Crippen LogP contribution in [0.25, 0.3) is 0 Å². The molecule has 2 unspecified atom stereocenters. The van der Waals surface area contributed by atoms with Crippen molar-refractivity contribution in [3.63, 3.8) is 0 Å². The zero-order valence-electron chi connectivity index (χ0n) is 19.7. The summed E-state index contributed by atoms with van der Waals surface area (Å²) in [4.78, 5) is 26.5. The predicted octanol–water partition coefficient (Wildman–Crippen LogP) is 4.30. The van der Waals surface area contributed by atoms with Gasteiger partial charge in [0.25, 0.3) is 0 Å². The number of hydrogen-bond donors (Lipinski definition) is 2. The molecule has 35 heavy (non-hydrogen) atoms. The number of carbonyl (C=O) groups is 2. The molecule has 1 spiro atoms. The lowest BCUT2D eigenvalue weighted by Crippen LogP contribution is -2.54. The summed E-state index contributed by atoms with van der Waals surface area (Å²) < 4.78 is 56.5. The summed E-state index contributed by atoms with van der Waals surface area (Å²) in [5.74, 6) is -4.00. The van der Waals surface area contributed by atoms with Crippen LogP contribution in [0.5, 0.6) is 0 Å². The highest BCUT2D eigenvalue weighted by atomic mass is 19.4. The van der Waals surface area contributed by atoms with Gasteiger partial charge >= 0.3 is 6.18 Å². The van der Waals surface area contributed by atoms with Gasteiger partial charge in [-0.15, -0.1) is 0 Å². The van der Waals surface area contributed by atoms with E-state index in [1.54, 1.807) is 31.2 Å². The lowest BCUT2D eigenvalue weighted by molar-refractivity contribution is -0.173. The van der Waals surface area contributed by atoms with Gasteiger partial charge < -0.3 is 15.3 Å². The van der Waals surface area contributed by atoms with E-state index >= 15 is 0 Å². The Labute approximate surface area is 202 Å². The van der Waals surface area contributed by atoms with Crippen LogP contribution in [0.1, 0.15) is 47.8 Å². The summed E-state index contributed by atoms with van der Waals surface area (Å²) >= 11 is 0. The molecule has 2 saturated heterocycles. The summed E-state index contributed by atoms with van der Waals surface area (Å²) in [5, 5.41) is 9.81. The van der Waals surface area contributed by atoms with E-state index in [-0.39, 0.29) is 49.3 Å². The van der Waals surface area contributed by atoms with Crippen LogP contribution in [0.2, 0.25) is 0 Å². The first kappa shape index (κ1) is 26.7. The Morgan fingerprint density at radius 2 is 1.71 bits per heavy atom. The van der Waals surface area contributed by atoms with E-state index in [1.807, 2.05) is 0 Å². The number of nitrogens with one attached hydrogen (secondary N) is 1. The first-order valence-electron chi connectivity index (χ1n) is 11.5. The SMILES string of the molecule is CO.Cc1cccc(C2CNC(=O)CC23CCN(C(=O)C(c2ccccc2)C(F)(F)F)CC3)c1F. The fourth-order valence-corrected chi connectivity index (χ4v) is 5.31. The highest BCUT2D eigenvalue weighted by Crippen LogP contribution is 2.50. The molecule has 2 aliphatic rings. The average Bonchev–Trinajstić information content (AvgIpc) is 2.83. The van der Waals surface area contributed by atoms with Crippen molar-refractivity contribution in [3.05, 3.63) is 71.0 Å². The van der Waals surface area contributed by atoms with Crippen molar-refractivity contribution in [2.75, 3.05) is 26.7 Å². The third-order valence-electron chi connectivity index (χ3n) is 7.13. The predicted molar refractivity (Wildman–Crippen MR) is 123 cm³/mol. The Morgan fingerprint density at radius 3 is 2.31 bits per heavy atom. The molecule has 2 amide bonds. The number of aliphatic hydroxyl groups is 1. The molecule has 9 heteroatoms. The largest absolute Gasteiger partial charge is 0.404 e. The molecule has 190 valence electrons. The van der Waals surface area contributed by atoms with Gasteiger partial charge in [0.05, 0.1) is 0 Å². The molecule has 2 atom stereocenters. The van der Waals surface area contributed by atoms with E-state index < -0.39 is 23.4 Å². The van der Waals surface area contributed by atoms with Crippen molar-refractivity contribution in [2.45, 2.75) is 44.2 Å². The molecule has 2 aromatic rings. The molecule has 0 radical (unpaired) electrons. The third-order valence-corrected chi connectivity index (χ3v) is 7.13. The van der Waals surface area contributed by atoms with E-state index in [0.29, 0.717) is 24.0 Å². The minimum absolute atomic E-state index is 0.0907. The summed E-state index contributed by atoms with van der Waals surface area (Å²) in [5.41, 5.74) is 0.316. The standard InChI is InChI=1S/C25H26F4N2O2.CH4O/c1-16-6-5-9-18(22(16)26)19-15-30-20(32)14-24(19)10-12-31(13-11-24)23(33)21(25(27,28)29)17-7-3-2-4-8-17;1-2/h2-9,19,21H,10-15H2,1H3,(H,30,32);2H,1H3. The van der Waals surface area contributed by atoms with Gasteiger partial charge in [-0.25, -0.2) is 4.39 Å². The summed E-state index contributed by atoms with van der Waals surface area (Å²) in [6.45, 7) is 2.13. The van der Waals surface area contributed by atoms with Crippen LogP contribution < -0.4 is 5.32 Å². The van der Waals surface area contributed by atoms with Crippen LogP contribution in [0.15, 0.2) is 48.5 Å². The average molecular weight is 495 g/mol. The van der Waals surface area contributed by atoms with Crippen molar-refractivity contribution < 1.29 is 32.3 Å². The zero-order chi connectivity index (χ0) is 25.8. The number of aryl methyl sites for hydroxylation is 1. The molecule has 2 aliphatic heterocycles. The van der Waals surface area contributed by atoms with Gasteiger partial charge in [-0.3, -0.25) is 9.59 Å². The van der Waals surface area contributed by atoms with E-state index in [0.717, 1.165) is 7.11 Å². The fraction of sp³-hybridized carbons (Fsp3) is 0.462. The van der Waals surface area contributed by atoms with Gasteiger partial charge in [0.1, 0.15) is 5.82 Å². The highest BCUT2D eigenvalue weighted by Gasteiger charge is 2.51. The molecule has 2 fully saturated rings. The number of hydrogen-bond acceptors (Lipinski definition) is 3. The Bertz CT molecular complexity index is 1030. The first-order chi connectivity index (χ1) is 16.6. The van der Waals surface area contributed by atoms with Gasteiger partial charge in [-0.1, -0.05) is 48.5 Å². The minimum Gasteiger partial charge on any atom is -0.400 e. The second-order valence-electron chi connectivity index (χ2n) is 9.08. The molecular formula is C26H30F4N2O3. The van der Waals surface area contributed by atoms with Gasteiger partial charge in [-0.05, 0) is 41.9 Å². The highest BCUT2D eigenvalue weighted by molar-refractivity contribution is 5.85. The molecule has 0 aromatic heterocycles. The van der Waals surface area contributed by atoms with Crippen LogP contribution in [-0.2, 0) is 9.59 Å². The van der Waals surface area contributed by atoms with Gasteiger partial charge in [-0.2, -0.15) is 13.2 Å². The topological polar surface area (TPSA) is 69.6 Å². The van der Waals surface area contributed by atoms with E-state index in [2.05, 4.69) is 5.32 Å². The van der Waals surface area contributed by atoms with Gasteiger partial charge in [0, 0.05) is 39.1 Å². The molecule has 0 bridgehead atoms. The van der Waals surface area contributed by atoms with Crippen LogP contribution in [0, 0.1) is 18.2 Å². The molecular weight excluding hydrogens is 464 g/mol. The summed E-state index contributed by atoms with van der Waals surface area (Å²) in [6.07, 6.45) is -3.88. The molecule has 2 N–H and O–H groups in total. The van der Waals surface area contributed by atoms with Gasteiger partial charge in [0.2, 0.25) is 11.8 Å². The molecule has 2 aromatic carbocycles. The second kappa shape index (κ2) is 10.8. The quantitative estimate of drug-likeness (QED) is 0.626. The molecule has 0 aliphatic carbocycles. The van der Waals surface area contributed by atoms with Crippen LogP contribution >= 0.6 is 0 Å². The second-order valence-corrected chi connectivity index (χ2v) is 9.08. The summed E-state index contributed by atoms with van der Waals surface area (Å²) in [6, 6.07) is 12.3. The number of benzene rings is 2. The number of aliphatic hydroxyl groups excluding tert-OH is 1. The maximum Gasteiger partial charge on any atom is 0.404 e. The Hall–Kier alpha value is -2.94.